The van der Waals surface area contributed by atoms with E-state index in [1.807, 2.05) is 44.1 Å². The van der Waals surface area contributed by atoms with Crippen molar-refractivity contribution in [1.29, 1.82) is 0 Å². The Hall–Kier alpha value is -1.83. The summed E-state index contributed by atoms with van der Waals surface area (Å²) in [5.74, 6) is 5.70. The molecule has 0 aliphatic heterocycles. The Morgan fingerprint density at radius 1 is 1.44 bits per heavy atom. The van der Waals surface area contributed by atoms with Crippen molar-refractivity contribution in [2.24, 2.45) is 5.73 Å². The zero-order valence-electron chi connectivity index (χ0n) is 11.1. The van der Waals surface area contributed by atoms with Crippen LogP contribution in [0.15, 0.2) is 18.2 Å². The zero-order chi connectivity index (χ0) is 13.5. The number of carbonyl (C=O) groups excluding carboxylic acids is 1. The first-order chi connectivity index (χ1) is 8.52. The molecule has 1 aromatic rings. The van der Waals surface area contributed by atoms with Gasteiger partial charge >= 0.3 is 0 Å². The van der Waals surface area contributed by atoms with Gasteiger partial charge in [0.2, 0.25) is 5.91 Å². The maximum absolute atomic E-state index is 11.7. The second-order valence-electron chi connectivity index (χ2n) is 4.34. The van der Waals surface area contributed by atoms with Crippen LogP contribution in [0.3, 0.4) is 0 Å². The van der Waals surface area contributed by atoms with Gasteiger partial charge in [-0.1, -0.05) is 17.9 Å². The second kappa shape index (κ2) is 6.80. The first-order valence-corrected chi connectivity index (χ1v) is 5.77. The summed E-state index contributed by atoms with van der Waals surface area (Å²) in [5, 5.41) is 2.87. The van der Waals surface area contributed by atoms with E-state index in [9.17, 15) is 4.79 Å². The van der Waals surface area contributed by atoms with Gasteiger partial charge in [0.1, 0.15) is 0 Å². The monoisotopic (exact) mass is 245 g/mol. The van der Waals surface area contributed by atoms with Crippen LogP contribution in [0.2, 0.25) is 0 Å². The molecular weight excluding hydrogens is 226 g/mol. The van der Waals surface area contributed by atoms with Gasteiger partial charge in [0, 0.05) is 5.56 Å². The van der Waals surface area contributed by atoms with E-state index in [2.05, 4.69) is 17.2 Å². The standard InChI is InChI=1S/C14H19N3O/c1-11-6-7-12(5-4-8-15)13(9-11)16-14(18)10-17(2)3/h6-7,9H,8,10,15H2,1-3H3,(H,16,18). The van der Waals surface area contributed by atoms with E-state index in [-0.39, 0.29) is 5.91 Å². The van der Waals surface area contributed by atoms with Gasteiger partial charge in [0.25, 0.3) is 0 Å². The first kappa shape index (κ1) is 14.2. The number of likely N-dealkylation sites (N-methyl/N-ethyl adjacent to an activating group) is 1. The minimum atomic E-state index is -0.0543. The molecule has 0 unspecified atom stereocenters. The summed E-state index contributed by atoms with van der Waals surface area (Å²) in [6.07, 6.45) is 0. The zero-order valence-corrected chi connectivity index (χ0v) is 11.1. The minimum absolute atomic E-state index is 0.0543. The number of benzene rings is 1. The molecule has 1 rings (SSSR count). The molecule has 0 bridgehead atoms. The van der Waals surface area contributed by atoms with E-state index in [1.54, 1.807) is 0 Å². The van der Waals surface area contributed by atoms with Crippen molar-refractivity contribution in [2.75, 3.05) is 32.5 Å². The Balaban J connectivity index is 2.92. The van der Waals surface area contributed by atoms with Gasteiger partial charge in [-0.15, -0.1) is 0 Å². The van der Waals surface area contributed by atoms with Crippen LogP contribution in [0.1, 0.15) is 11.1 Å². The number of nitrogens with one attached hydrogen (secondary N) is 1. The fourth-order valence-corrected chi connectivity index (χ4v) is 1.49. The highest BCUT2D eigenvalue weighted by molar-refractivity contribution is 5.93. The molecule has 0 atom stereocenters. The summed E-state index contributed by atoms with van der Waals surface area (Å²) < 4.78 is 0. The molecule has 0 saturated heterocycles. The predicted octanol–water partition coefficient (Wildman–Crippen LogP) is 0.805. The molecule has 96 valence electrons. The normalized spacial score (nSPS) is 9.83. The fourth-order valence-electron chi connectivity index (χ4n) is 1.49. The minimum Gasteiger partial charge on any atom is -0.324 e. The smallest absolute Gasteiger partial charge is 0.238 e. The molecule has 0 spiro atoms. The Bertz CT molecular complexity index is 484. The number of hydrogen-bond acceptors (Lipinski definition) is 3. The molecule has 0 saturated carbocycles. The predicted molar refractivity (Wildman–Crippen MR) is 74.3 cm³/mol. The lowest BCUT2D eigenvalue weighted by molar-refractivity contribution is -0.116. The largest absolute Gasteiger partial charge is 0.324 e. The fraction of sp³-hybridized carbons (Fsp3) is 0.357. The summed E-state index contributed by atoms with van der Waals surface area (Å²) in [6.45, 7) is 2.62. The van der Waals surface area contributed by atoms with E-state index in [1.165, 1.54) is 0 Å². The van der Waals surface area contributed by atoms with Gasteiger partial charge in [-0.25, -0.2) is 0 Å². The van der Waals surface area contributed by atoms with E-state index in [0.717, 1.165) is 16.8 Å². The Kier molecular flexibility index (Phi) is 5.37. The van der Waals surface area contributed by atoms with E-state index < -0.39 is 0 Å². The molecule has 3 N–H and O–H groups in total. The highest BCUT2D eigenvalue weighted by atomic mass is 16.2. The van der Waals surface area contributed by atoms with Crippen LogP contribution in [0.25, 0.3) is 0 Å². The highest BCUT2D eigenvalue weighted by Gasteiger charge is 2.06. The van der Waals surface area contributed by atoms with E-state index in [4.69, 9.17) is 5.73 Å². The topological polar surface area (TPSA) is 58.4 Å². The summed E-state index contributed by atoms with van der Waals surface area (Å²) in [7, 11) is 3.70. The van der Waals surface area contributed by atoms with E-state index in [0.29, 0.717) is 13.1 Å². The van der Waals surface area contributed by atoms with Crippen molar-refractivity contribution in [1.82, 2.24) is 4.90 Å². The van der Waals surface area contributed by atoms with Crippen molar-refractivity contribution in [3.05, 3.63) is 29.3 Å². The molecule has 0 fully saturated rings. The van der Waals surface area contributed by atoms with Gasteiger partial charge in [-0.2, -0.15) is 0 Å². The molecule has 0 aromatic heterocycles. The van der Waals surface area contributed by atoms with Crippen LogP contribution in [-0.2, 0) is 4.79 Å². The average Bonchev–Trinajstić information content (AvgIpc) is 2.26. The number of nitrogens with zero attached hydrogens (tertiary/aromatic N) is 1. The highest BCUT2D eigenvalue weighted by Crippen LogP contribution is 2.16. The average molecular weight is 245 g/mol. The Labute approximate surface area is 108 Å². The molecule has 4 heteroatoms. The summed E-state index contributed by atoms with van der Waals surface area (Å²) in [5.41, 5.74) is 7.96. The molecule has 4 nitrogen and oxygen atoms in total. The van der Waals surface area contributed by atoms with Crippen LogP contribution in [0.5, 0.6) is 0 Å². The van der Waals surface area contributed by atoms with Crippen LogP contribution in [0, 0.1) is 18.8 Å². The second-order valence-corrected chi connectivity index (χ2v) is 4.34. The lowest BCUT2D eigenvalue weighted by Crippen LogP contribution is -2.27. The van der Waals surface area contributed by atoms with Crippen LogP contribution >= 0.6 is 0 Å². The van der Waals surface area contributed by atoms with Crippen molar-refractivity contribution in [3.8, 4) is 11.8 Å². The maximum atomic E-state index is 11.7. The summed E-state index contributed by atoms with van der Waals surface area (Å²) >= 11 is 0. The molecule has 0 heterocycles. The van der Waals surface area contributed by atoms with Gasteiger partial charge in [0.05, 0.1) is 18.8 Å². The van der Waals surface area contributed by atoms with Crippen molar-refractivity contribution >= 4 is 11.6 Å². The van der Waals surface area contributed by atoms with Gasteiger partial charge in [-0.3, -0.25) is 4.79 Å². The van der Waals surface area contributed by atoms with Gasteiger partial charge in [0.15, 0.2) is 0 Å². The lowest BCUT2D eigenvalue weighted by Gasteiger charge is -2.12. The molecule has 18 heavy (non-hydrogen) atoms. The molecule has 1 aromatic carbocycles. The third kappa shape index (κ3) is 4.58. The number of hydrogen-bond donors (Lipinski definition) is 2. The number of carbonyl (C=O) groups is 1. The Morgan fingerprint density at radius 2 is 2.17 bits per heavy atom. The van der Waals surface area contributed by atoms with E-state index >= 15 is 0 Å². The number of aryl methyl sites for hydroxylation is 1. The SMILES string of the molecule is Cc1ccc(C#CCN)c(NC(=O)CN(C)C)c1. The molecule has 0 aliphatic rings. The summed E-state index contributed by atoms with van der Waals surface area (Å²) in [4.78, 5) is 13.6. The van der Waals surface area contributed by atoms with Gasteiger partial charge in [-0.05, 0) is 38.7 Å². The quantitative estimate of drug-likeness (QED) is 0.775. The number of nitrogens with two attached hydrogens (primary N) is 1. The number of anilines is 1. The van der Waals surface area contributed by atoms with Crippen LogP contribution in [0.4, 0.5) is 5.69 Å². The molecule has 1 amide bonds. The third-order valence-electron chi connectivity index (χ3n) is 2.23. The van der Waals surface area contributed by atoms with Crippen molar-refractivity contribution in [2.45, 2.75) is 6.92 Å². The first-order valence-electron chi connectivity index (χ1n) is 5.77. The third-order valence-corrected chi connectivity index (χ3v) is 2.23. The van der Waals surface area contributed by atoms with Crippen molar-refractivity contribution < 1.29 is 4.79 Å². The summed E-state index contributed by atoms with van der Waals surface area (Å²) in [6, 6.07) is 5.76. The lowest BCUT2D eigenvalue weighted by atomic mass is 10.1. The van der Waals surface area contributed by atoms with Crippen LogP contribution < -0.4 is 11.1 Å². The number of amides is 1. The van der Waals surface area contributed by atoms with Gasteiger partial charge < -0.3 is 16.0 Å². The Morgan fingerprint density at radius 3 is 2.78 bits per heavy atom. The molecule has 0 radical (unpaired) electrons. The molecular formula is C14H19N3O. The molecule has 0 aliphatic carbocycles. The van der Waals surface area contributed by atoms with Crippen molar-refractivity contribution in [3.63, 3.8) is 0 Å². The number of rotatable bonds is 3. The van der Waals surface area contributed by atoms with Crippen LogP contribution in [-0.4, -0.2) is 38.0 Å². The maximum Gasteiger partial charge on any atom is 0.238 e.